The van der Waals surface area contributed by atoms with Crippen LogP contribution in [0.2, 0.25) is 0 Å². The maximum atomic E-state index is 10.7. The van der Waals surface area contributed by atoms with Gasteiger partial charge in [-0.05, 0) is 0 Å². The monoisotopic (exact) mass is 126 g/mol. The third kappa shape index (κ3) is 1.76. The fourth-order valence-electron chi connectivity index (χ4n) is 0.524. The summed E-state index contributed by atoms with van der Waals surface area (Å²) in [5.41, 5.74) is 0. The highest BCUT2D eigenvalue weighted by molar-refractivity contribution is 5.76. The van der Waals surface area contributed by atoms with Crippen LogP contribution in [0.25, 0.3) is 0 Å². The molecule has 0 radical (unpaired) electrons. The molecule has 1 saturated heterocycles. The van der Waals surface area contributed by atoms with Crippen molar-refractivity contribution in [3.05, 3.63) is 12.7 Å². The van der Waals surface area contributed by atoms with Gasteiger partial charge in [-0.1, -0.05) is 6.08 Å². The second-order valence-corrected chi connectivity index (χ2v) is 1.96. The number of rotatable bonds is 2. The van der Waals surface area contributed by atoms with Crippen molar-refractivity contribution in [3.63, 3.8) is 0 Å². The average molecular weight is 126 g/mol. The van der Waals surface area contributed by atoms with Gasteiger partial charge in [0.25, 0.3) is 0 Å². The zero-order valence-corrected chi connectivity index (χ0v) is 5.26. The van der Waals surface area contributed by atoms with E-state index in [1.54, 1.807) is 11.0 Å². The molecule has 0 aromatic rings. The van der Waals surface area contributed by atoms with E-state index in [9.17, 15) is 4.79 Å². The molecule has 1 heterocycles. The van der Waals surface area contributed by atoms with Gasteiger partial charge in [0.15, 0.2) is 0 Å². The van der Waals surface area contributed by atoms with E-state index in [1.807, 2.05) is 0 Å². The Morgan fingerprint density at radius 2 is 2.44 bits per heavy atom. The third-order valence-electron chi connectivity index (χ3n) is 1.13. The zero-order valence-electron chi connectivity index (χ0n) is 5.26. The summed E-state index contributed by atoms with van der Waals surface area (Å²) in [6.07, 6.45) is 1.67. The van der Waals surface area contributed by atoms with Crippen molar-refractivity contribution in [3.8, 4) is 0 Å². The largest absolute Gasteiger partial charge is 0.335 e. The summed E-state index contributed by atoms with van der Waals surface area (Å²) >= 11 is 0. The topological polar surface area (TPSA) is 32.1 Å². The predicted molar refractivity (Wildman–Crippen MR) is 35.2 cm³/mol. The van der Waals surface area contributed by atoms with Crippen LogP contribution in [-0.2, 0) is 0 Å². The molecule has 9 heavy (non-hydrogen) atoms. The van der Waals surface area contributed by atoms with Crippen molar-refractivity contribution >= 4 is 6.03 Å². The first-order valence-electron chi connectivity index (χ1n) is 2.98. The second kappa shape index (κ2) is 2.53. The summed E-state index contributed by atoms with van der Waals surface area (Å²) < 4.78 is 0. The summed E-state index contributed by atoms with van der Waals surface area (Å²) in [6, 6.07) is 0.0231. The minimum atomic E-state index is 0.0231. The lowest BCUT2D eigenvalue weighted by Gasteiger charge is -1.99. The van der Waals surface area contributed by atoms with Crippen LogP contribution >= 0.6 is 0 Å². The number of amides is 2. The Morgan fingerprint density at radius 1 is 1.78 bits per heavy atom. The molecule has 0 bridgehead atoms. The lowest BCUT2D eigenvalue weighted by Crippen LogP contribution is -2.28. The van der Waals surface area contributed by atoms with Crippen molar-refractivity contribution < 1.29 is 4.79 Å². The van der Waals surface area contributed by atoms with Gasteiger partial charge < -0.3 is 10.2 Å². The standard InChI is InChI=1S/C6H10N2O/c1-2-3-7-6(9)8-4-5-8/h2H,1,3-5H2,(H,7,9). The highest BCUT2D eigenvalue weighted by atomic mass is 16.2. The summed E-state index contributed by atoms with van der Waals surface area (Å²) in [5, 5.41) is 2.66. The van der Waals surface area contributed by atoms with Gasteiger partial charge in [0.05, 0.1) is 0 Å². The molecule has 3 nitrogen and oxygen atoms in total. The van der Waals surface area contributed by atoms with E-state index in [1.165, 1.54) is 0 Å². The number of carbonyl (C=O) groups excluding carboxylic acids is 1. The first kappa shape index (κ1) is 6.13. The highest BCUT2D eigenvalue weighted by Crippen LogP contribution is 2.01. The van der Waals surface area contributed by atoms with Crippen LogP contribution in [0.3, 0.4) is 0 Å². The van der Waals surface area contributed by atoms with Gasteiger partial charge in [0, 0.05) is 19.6 Å². The van der Waals surface area contributed by atoms with Gasteiger partial charge in [0.2, 0.25) is 0 Å². The van der Waals surface area contributed by atoms with Crippen LogP contribution in [0.4, 0.5) is 4.79 Å². The quantitative estimate of drug-likeness (QED) is 0.416. The molecule has 0 unspecified atom stereocenters. The van der Waals surface area contributed by atoms with Gasteiger partial charge in [-0.15, -0.1) is 6.58 Å². The Kier molecular flexibility index (Phi) is 1.72. The molecule has 0 spiro atoms. The lowest BCUT2D eigenvalue weighted by atomic mass is 10.6. The smallest absolute Gasteiger partial charge is 0.317 e. The SMILES string of the molecule is C=CCNC(=O)N1CC1. The highest BCUT2D eigenvalue weighted by Gasteiger charge is 2.22. The number of urea groups is 1. The number of nitrogens with zero attached hydrogens (tertiary/aromatic N) is 1. The van der Waals surface area contributed by atoms with Crippen LogP contribution in [0.1, 0.15) is 0 Å². The number of hydrogen-bond donors (Lipinski definition) is 1. The Balaban J connectivity index is 2.10. The molecule has 1 N–H and O–H groups in total. The third-order valence-corrected chi connectivity index (χ3v) is 1.13. The Bertz CT molecular complexity index is 129. The van der Waals surface area contributed by atoms with Crippen LogP contribution in [0, 0.1) is 0 Å². The van der Waals surface area contributed by atoms with Gasteiger partial charge in [0.1, 0.15) is 0 Å². The average Bonchev–Trinajstić information content (AvgIpc) is 2.63. The number of hydrogen-bond acceptors (Lipinski definition) is 1. The molecule has 1 aliphatic rings. The van der Waals surface area contributed by atoms with E-state index in [4.69, 9.17) is 0 Å². The minimum absolute atomic E-state index is 0.0231. The van der Waals surface area contributed by atoms with Gasteiger partial charge in [-0.25, -0.2) is 4.79 Å². The van der Waals surface area contributed by atoms with E-state index in [0.29, 0.717) is 6.54 Å². The predicted octanol–water partition coefficient (Wildman–Crippen LogP) is 0.198. The molecule has 0 aromatic carbocycles. The fourth-order valence-corrected chi connectivity index (χ4v) is 0.524. The molecule has 1 aliphatic heterocycles. The van der Waals surface area contributed by atoms with Gasteiger partial charge in [-0.2, -0.15) is 0 Å². The van der Waals surface area contributed by atoms with Crippen molar-refractivity contribution in [2.75, 3.05) is 19.6 Å². The van der Waals surface area contributed by atoms with Gasteiger partial charge in [-0.3, -0.25) is 0 Å². The molecule has 50 valence electrons. The molecule has 0 saturated carbocycles. The van der Waals surface area contributed by atoms with E-state index in [2.05, 4.69) is 11.9 Å². The molecule has 1 rings (SSSR count). The first-order valence-corrected chi connectivity index (χ1v) is 2.98. The van der Waals surface area contributed by atoms with Crippen LogP contribution < -0.4 is 5.32 Å². The first-order chi connectivity index (χ1) is 4.34. The van der Waals surface area contributed by atoms with Crippen molar-refractivity contribution in [1.82, 2.24) is 10.2 Å². The van der Waals surface area contributed by atoms with Crippen LogP contribution in [0.5, 0.6) is 0 Å². The molecule has 1 fully saturated rings. The van der Waals surface area contributed by atoms with E-state index >= 15 is 0 Å². The Hall–Kier alpha value is -0.990. The molecule has 0 atom stereocenters. The molecule has 3 heteroatoms. The van der Waals surface area contributed by atoms with Crippen molar-refractivity contribution in [1.29, 1.82) is 0 Å². The van der Waals surface area contributed by atoms with Crippen LogP contribution in [-0.4, -0.2) is 30.6 Å². The summed E-state index contributed by atoms with van der Waals surface area (Å²) in [4.78, 5) is 12.5. The molecule has 0 aromatic heterocycles. The van der Waals surface area contributed by atoms with E-state index in [-0.39, 0.29) is 6.03 Å². The maximum absolute atomic E-state index is 10.7. The molecule has 2 amide bonds. The number of carbonyl (C=O) groups is 1. The second-order valence-electron chi connectivity index (χ2n) is 1.96. The van der Waals surface area contributed by atoms with Crippen LogP contribution in [0.15, 0.2) is 12.7 Å². The van der Waals surface area contributed by atoms with Crippen molar-refractivity contribution in [2.24, 2.45) is 0 Å². The molecular formula is C6H10N2O. The maximum Gasteiger partial charge on any atom is 0.317 e. The summed E-state index contributed by atoms with van der Waals surface area (Å²) in [6.45, 7) is 5.86. The Morgan fingerprint density at radius 3 is 2.89 bits per heavy atom. The normalized spacial score (nSPS) is 14.9. The molecular weight excluding hydrogens is 116 g/mol. The summed E-state index contributed by atoms with van der Waals surface area (Å²) in [7, 11) is 0. The van der Waals surface area contributed by atoms with Crippen molar-refractivity contribution in [2.45, 2.75) is 0 Å². The summed E-state index contributed by atoms with van der Waals surface area (Å²) in [5.74, 6) is 0. The minimum Gasteiger partial charge on any atom is -0.335 e. The fraction of sp³-hybridized carbons (Fsp3) is 0.500. The Labute approximate surface area is 54.3 Å². The lowest BCUT2D eigenvalue weighted by molar-refractivity contribution is 0.230. The number of nitrogens with one attached hydrogen (secondary N) is 1. The molecule has 0 aliphatic carbocycles. The van der Waals surface area contributed by atoms with E-state index < -0.39 is 0 Å². The van der Waals surface area contributed by atoms with Gasteiger partial charge >= 0.3 is 6.03 Å². The zero-order chi connectivity index (χ0) is 6.69. The van der Waals surface area contributed by atoms with E-state index in [0.717, 1.165) is 13.1 Å².